The van der Waals surface area contributed by atoms with Gasteiger partial charge in [-0.1, -0.05) is 22.9 Å². The van der Waals surface area contributed by atoms with Crippen molar-refractivity contribution in [2.45, 2.75) is 25.7 Å². The van der Waals surface area contributed by atoms with E-state index in [4.69, 9.17) is 13.4 Å². The van der Waals surface area contributed by atoms with E-state index in [0.717, 1.165) is 5.56 Å². The maximum absolute atomic E-state index is 12.2. The minimum absolute atomic E-state index is 0.0554. The Hall–Kier alpha value is -3.24. The zero-order valence-corrected chi connectivity index (χ0v) is 17.4. The van der Waals surface area contributed by atoms with Crippen molar-refractivity contribution < 1.29 is 26.8 Å². The van der Waals surface area contributed by atoms with Crippen LogP contribution in [0.3, 0.4) is 0 Å². The standard InChI is InChI=1S/C20H20N2O7S/c1-13-4-7-17(8-5-13)30(25,26)28-11-10-27-19-9-6-16(22(23)24)12-18(19)20-14(2)21-29-15(20)3/h4-9,12H,10-11H2,1-3H3. The van der Waals surface area contributed by atoms with Crippen LogP contribution >= 0.6 is 0 Å². The molecule has 0 atom stereocenters. The number of rotatable bonds is 8. The summed E-state index contributed by atoms with van der Waals surface area (Å²) in [4.78, 5) is 10.7. The fraction of sp³-hybridized carbons (Fsp3) is 0.250. The van der Waals surface area contributed by atoms with Crippen molar-refractivity contribution in [1.29, 1.82) is 0 Å². The summed E-state index contributed by atoms with van der Waals surface area (Å²) in [7, 11) is -3.91. The van der Waals surface area contributed by atoms with Crippen molar-refractivity contribution in [2.75, 3.05) is 13.2 Å². The van der Waals surface area contributed by atoms with Gasteiger partial charge in [0.1, 0.15) is 24.7 Å². The van der Waals surface area contributed by atoms with Crippen molar-refractivity contribution in [3.63, 3.8) is 0 Å². The Labute approximate surface area is 173 Å². The van der Waals surface area contributed by atoms with Gasteiger partial charge in [0.25, 0.3) is 15.8 Å². The fourth-order valence-corrected chi connectivity index (χ4v) is 3.78. The lowest BCUT2D eigenvalue weighted by Crippen LogP contribution is -2.13. The quantitative estimate of drug-likeness (QED) is 0.227. The van der Waals surface area contributed by atoms with Gasteiger partial charge in [-0.15, -0.1) is 0 Å². The second-order valence-electron chi connectivity index (χ2n) is 6.57. The highest BCUT2D eigenvalue weighted by atomic mass is 32.2. The van der Waals surface area contributed by atoms with E-state index < -0.39 is 15.0 Å². The third-order valence-corrected chi connectivity index (χ3v) is 5.69. The minimum atomic E-state index is -3.91. The summed E-state index contributed by atoms with van der Waals surface area (Å²) in [5.74, 6) is 0.808. The molecule has 0 fully saturated rings. The van der Waals surface area contributed by atoms with E-state index in [2.05, 4.69) is 5.16 Å². The molecular weight excluding hydrogens is 412 g/mol. The number of non-ortho nitro benzene ring substituents is 1. The lowest BCUT2D eigenvalue weighted by Gasteiger charge is -2.12. The van der Waals surface area contributed by atoms with Crippen LogP contribution in [0.25, 0.3) is 11.1 Å². The number of nitro groups is 1. The average molecular weight is 432 g/mol. The Kier molecular flexibility index (Phi) is 6.18. The van der Waals surface area contributed by atoms with Gasteiger partial charge in [0, 0.05) is 17.7 Å². The number of ether oxygens (including phenoxy) is 1. The van der Waals surface area contributed by atoms with Crippen LogP contribution in [0.2, 0.25) is 0 Å². The van der Waals surface area contributed by atoms with E-state index >= 15 is 0 Å². The molecule has 2 aromatic carbocycles. The molecular formula is C20H20N2O7S. The second-order valence-corrected chi connectivity index (χ2v) is 8.19. The minimum Gasteiger partial charge on any atom is -0.490 e. The number of aryl methyl sites for hydroxylation is 3. The van der Waals surface area contributed by atoms with Gasteiger partial charge < -0.3 is 9.26 Å². The van der Waals surface area contributed by atoms with Crippen LogP contribution in [0.15, 0.2) is 51.9 Å². The summed E-state index contributed by atoms with van der Waals surface area (Å²) >= 11 is 0. The van der Waals surface area contributed by atoms with E-state index in [1.807, 2.05) is 6.92 Å². The van der Waals surface area contributed by atoms with Crippen molar-refractivity contribution >= 4 is 15.8 Å². The Balaban J connectivity index is 1.75. The van der Waals surface area contributed by atoms with E-state index in [9.17, 15) is 18.5 Å². The zero-order valence-electron chi connectivity index (χ0n) is 16.6. The Morgan fingerprint density at radius 1 is 1.07 bits per heavy atom. The SMILES string of the molecule is Cc1ccc(S(=O)(=O)OCCOc2ccc([N+](=O)[O-])cc2-c2c(C)noc2C)cc1. The van der Waals surface area contributed by atoms with Crippen LogP contribution < -0.4 is 4.74 Å². The van der Waals surface area contributed by atoms with Crippen molar-refractivity contribution in [1.82, 2.24) is 5.16 Å². The molecule has 0 aliphatic rings. The van der Waals surface area contributed by atoms with Crippen molar-refractivity contribution in [3.8, 4) is 16.9 Å². The topological polar surface area (TPSA) is 122 Å². The predicted molar refractivity (Wildman–Crippen MR) is 108 cm³/mol. The molecule has 0 aliphatic carbocycles. The first-order valence-electron chi connectivity index (χ1n) is 8.99. The van der Waals surface area contributed by atoms with Crippen LogP contribution in [-0.4, -0.2) is 31.7 Å². The summed E-state index contributed by atoms with van der Waals surface area (Å²) < 4.78 is 40.3. The maximum Gasteiger partial charge on any atom is 0.297 e. The van der Waals surface area contributed by atoms with Crippen LogP contribution in [0.5, 0.6) is 5.75 Å². The molecule has 9 nitrogen and oxygen atoms in total. The van der Waals surface area contributed by atoms with Crippen LogP contribution in [0.4, 0.5) is 5.69 Å². The molecule has 158 valence electrons. The normalized spacial score (nSPS) is 11.4. The molecule has 0 N–H and O–H groups in total. The number of hydrogen-bond acceptors (Lipinski definition) is 8. The Morgan fingerprint density at radius 3 is 2.37 bits per heavy atom. The van der Waals surface area contributed by atoms with Crippen LogP contribution in [0, 0.1) is 30.9 Å². The number of nitro benzene ring substituents is 1. The van der Waals surface area contributed by atoms with E-state index in [1.54, 1.807) is 26.0 Å². The molecule has 0 saturated carbocycles. The molecule has 0 spiro atoms. The lowest BCUT2D eigenvalue weighted by atomic mass is 10.0. The molecule has 0 bridgehead atoms. The van der Waals surface area contributed by atoms with E-state index in [0.29, 0.717) is 28.3 Å². The molecule has 10 heteroatoms. The summed E-state index contributed by atoms with van der Waals surface area (Å²) in [5.41, 5.74) is 2.39. The monoisotopic (exact) mass is 432 g/mol. The molecule has 0 saturated heterocycles. The first-order chi connectivity index (χ1) is 14.2. The lowest BCUT2D eigenvalue weighted by molar-refractivity contribution is -0.384. The molecule has 0 aliphatic heterocycles. The Bertz CT molecular complexity index is 1150. The number of nitrogens with zero attached hydrogens (tertiary/aromatic N) is 2. The average Bonchev–Trinajstić information content (AvgIpc) is 3.03. The zero-order chi connectivity index (χ0) is 21.9. The summed E-state index contributed by atoms with van der Waals surface area (Å²) in [6.07, 6.45) is 0. The van der Waals surface area contributed by atoms with Crippen molar-refractivity contribution in [3.05, 3.63) is 69.6 Å². The van der Waals surface area contributed by atoms with Crippen molar-refractivity contribution in [2.24, 2.45) is 0 Å². The largest absolute Gasteiger partial charge is 0.490 e. The summed E-state index contributed by atoms with van der Waals surface area (Å²) in [6.45, 7) is 4.94. The van der Waals surface area contributed by atoms with Gasteiger partial charge in [-0.2, -0.15) is 8.42 Å². The van der Waals surface area contributed by atoms with Gasteiger partial charge in [-0.25, -0.2) is 0 Å². The Morgan fingerprint density at radius 2 is 1.77 bits per heavy atom. The molecule has 0 radical (unpaired) electrons. The van der Waals surface area contributed by atoms with Crippen LogP contribution in [-0.2, 0) is 14.3 Å². The van der Waals surface area contributed by atoms with E-state index in [-0.39, 0.29) is 23.8 Å². The molecule has 0 amide bonds. The predicted octanol–water partition coefficient (Wildman–Crippen LogP) is 3.96. The molecule has 1 heterocycles. The number of benzene rings is 2. The summed E-state index contributed by atoms with van der Waals surface area (Å²) in [6, 6.07) is 10.4. The highest BCUT2D eigenvalue weighted by Crippen LogP contribution is 2.37. The van der Waals surface area contributed by atoms with Gasteiger partial charge in [0.15, 0.2) is 0 Å². The summed E-state index contributed by atoms with van der Waals surface area (Å²) in [5, 5.41) is 15.0. The molecule has 1 aromatic heterocycles. The fourth-order valence-electron chi connectivity index (χ4n) is 2.89. The molecule has 3 aromatic rings. The number of hydrogen-bond donors (Lipinski definition) is 0. The van der Waals surface area contributed by atoms with Gasteiger partial charge in [0.2, 0.25) is 0 Å². The smallest absolute Gasteiger partial charge is 0.297 e. The maximum atomic E-state index is 12.2. The van der Waals surface area contributed by atoms with Gasteiger partial charge in [-0.05, 0) is 39.0 Å². The third kappa shape index (κ3) is 4.66. The third-order valence-electron chi connectivity index (χ3n) is 4.37. The second kappa shape index (κ2) is 8.64. The van der Waals surface area contributed by atoms with Gasteiger partial charge >= 0.3 is 0 Å². The number of aromatic nitrogens is 1. The highest BCUT2D eigenvalue weighted by Gasteiger charge is 2.20. The molecule has 3 rings (SSSR count). The highest BCUT2D eigenvalue weighted by molar-refractivity contribution is 7.86. The van der Waals surface area contributed by atoms with Crippen LogP contribution in [0.1, 0.15) is 17.0 Å². The van der Waals surface area contributed by atoms with Gasteiger partial charge in [-0.3, -0.25) is 14.3 Å². The van der Waals surface area contributed by atoms with E-state index in [1.165, 1.54) is 30.3 Å². The first-order valence-corrected chi connectivity index (χ1v) is 10.4. The molecule has 30 heavy (non-hydrogen) atoms. The van der Waals surface area contributed by atoms with Gasteiger partial charge in [0.05, 0.1) is 21.1 Å². The first kappa shape index (κ1) is 21.5. The molecule has 0 unspecified atom stereocenters.